The van der Waals surface area contributed by atoms with Crippen molar-refractivity contribution in [2.45, 2.75) is 20.3 Å². The predicted octanol–water partition coefficient (Wildman–Crippen LogP) is 3.78. The molecule has 2 amide bonds. The van der Waals surface area contributed by atoms with Crippen molar-refractivity contribution in [3.8, 4) is 0 Å². The Kier molecular flexibility index (Phi) is 9.39. The predicted molar refractivity (Wildman–Crippen MR) is 134 cm³/mol. The molecule has 2 aromatic heterocycles. The number of amides is 2. The van der Waals surface area contributed by atoms with Crippen LogP contribution in [0.3, 0.4) is 0 Å². The Bertz CT molecular complexity index is 1320. The highest BCUT2D eigenvalue weighted by atomic mass is 35.5. The first kappa shape index (κ1) is 27.8. The molecule has 3 aromatic rings. The van der Waals surface area contributed by atoms with Crippen molar-refractivity contribution in [1.29, 1.82) is 0 Å². The summed E-state index contributed by atoms with van der Waals surface area (Å²) in [7, 11) is 2.99. The molecular weight excluding hydrogens is 530 g/mol. The summed E-state index contributed by atoms with van der Waals surface area (Å²) in [6.45, 7) is 1.12. The Hall–Kier alpha value is -3.74. The molecule has 0 saturated carbocycles. The third-order valence-corrected chi connectivity index (χ3v) is 5.58. The quantitative estimate of drug-likeness (QED) is 0.384. The van der Waals surface area contributed by atoms with Crippen molar-refractivity contribution >= 4 is 52.7 Å². The first-order valence-corrected chi connectivity index (χ1v) is 11.5. The number of ether oxygens (including phenoxy) is 2. The molecule has 37 heavy (non-hydrogen) atoms. The lowest BCUT2D eigenvalue weighted by Gasteiger charge is -2.19. The lowest BCUT2D eigenvalue weighted by Crippen LogP contribution is -2.30. The van der Waals surface area contributed by atoms with Gasteiger partial charge >= 0.3 is 12.1 Å². The Balaban J connectivity index is 1.67. The van der Waals surface area contributed by atoms with Crippen molar-refractivity contribution in [3.05, 3.63) is 69.3 Å². The Labute approximate surface area is 221 Å². The molecule has 0 saturated heterocycles. The van der Waals surface area contributed by atoms with Gasteiger partial charge in [-0.2, -0.15) is 5.10 Å². The highest BCUT2D eigenvalue weighted by molar-refractivity contribution is 6.34. The van der Waals surface area contributed by atoms with E-state index in [4.69, 9.17) is 32.7 Å². The number of rotatable bonds is 9. The fourth-order valence-electron chi connectivity index (χ4n) is 3.05. The minimum Gasteiger partial charge on any atom is -0.460 e. The molecule has 0 aliphatic rings. The highest BCUT2D eigenvalue weighted by Gasteiger charge is 2.25. The summed E-state index contributed by atoms with van der Waals surface area (Å²) < 4.78 is 25.7. The van der Waals surface area contributed by atoms with Crippen LogP contribution in [0.25, 0.3) is 0 Å². The molecule has 0 spiro atoms. The van der Waals surface area contributed by atoms with E-state index in [2.05, 4.69) is 20.7 Å². The van der Waals surface area contributed by atoms with E-state index >= 15 is 0 Å². The molecule has 0 atom stereocenters. The molecule has 3 rings (SSSR count). The molecule has 2 heterocycles. The summed E-state index contributed by atoms with van der Waals surface area (Å²) in [6, 6.07) is 8.17. The topological polar surface area (TPSA) is 128 Å². The van der Waals surface area contributed by atoms with Crippen LogP contribution in [0.4, 0.5) is 20.7 Å². The van der Waals surface area contributed by atoms with E-state index < -0.39 is 41.4 Å². The Morgan fingerprint density at radius 1 is 1.19 bits per heavy atom. The van der Waals surface area contributed by atoms with E-state index in [0.29, 0.717) is 5.56 Å². The zero-order chi connectivity index (χ0) is 27.1. The number of halogens is 3. The van der Waals surface area contributed by atoms with E-state index in [1.54, 1.807) is 37.4 Å². The molecule has 0 aliphatic heterocycles. The van der Waals surface area contributed by atoms with Gasteiger partial charge in [0.15, 0.2) is 23.4 Å². The molecule has 14 heteroatoms. The van der Waals surface area contributed by atoms with Gasteiger partial charge in [-0.25, -0.2) is 18.9 Å². The van der Waals surface area contributed by atoms with Gasteiger partial charge in [0.25, 0.3) is 5.91 Å². The molecule has 2 N–H and O–H groups in total. The van der Waals surface area contributed by atoms with E-state index in [9.17, 15) is 18.8 Å². The van der Waals surface area contributed by atoms with Crippen LogP contribution in [-0.4, -0.2) is 53.4 Å². The van der Waals surface area contributed by atoms with E-state index in [1.165, 1.54) is 13.2 Å². The highest BCUT2D eigenvalue weighted by Crippen LogP contribution is 2.25. The van der Waals surface area contributed by atoms with Gasteiger partial charge in [0.2, 0.25) is 0 Å². The number of carbonyl (C=O) groups excluding carboxylic acids is 3. The number of hydrogen-bond acceptors (Lipinski definition) is 8. The minimum absolute atomic E-state index is 0.0206. The van der Waals surface area contributed by atoms with Crippen molar-refractivity contribution in [1.82, 2.24) is 20.1 Å². The largest absolute Gasteiger partial charge is 0.460 e. The maximum Gasteiger partial charge on any atom is 0.417 e. The standard InChI is InChI=1S/C23H23Cl2FN6O5/c1-13-6-7-16(15(24)9-13)29-22(34)19-18(26)20(25)32(30-19)12-37-23(35)31(3)21-14(5-4-8-28-21)11-36-17(33)10-27-2/h4-9,27H,10-12H2,1-3H3,(H,29,34). The summed E-state index contributed by atoms with van der Waals surface area (Å²) in [4.78, 5) is 42.0. The van der Waals surface area contributed by atoms with Crippen LogP contribution in [-0.2, 0) is 27.6 Å². The van der Waals surface area contributed by atoms with Gasteiger partial charge in [-0.3, -0.25) is 14.5 Å². The summed E-state index contributed by atoms with van der Waals surface area (Å²) in [5.74, 6) is -2.29. The van der Waals surface area contributed by atoms with Crippen LogP contribution in [0.2, 0.25) is 10.2 Å². The smallest absolute Gasteiger partial charge is 0.417 e. The second kappa shape index (κ2) is 12.5. The fourth-order valence-corrected chi connectivity index (χ4v) is 3.51. The number of benzene rings is 1. The lowest BCUT2D eigenvalue weighted by molar-refractivity contribution is -0.143. The number of carbonyl (C=O) groups is 3. The first-order chi connectivity index (χ1) is 17.6. The second-order valence-electron chi connectivity index (χ2n) is 7.67. The first-order valence-electron chi connectivity index (χ1n) is 10.8. The molecule has 1 aromatic carbocycles. The third kappa shape index (κ3) is 6.94. The summed E-state index contributed by atoms with van der Waals surface area (Å²) in [5.41, 5.74) is 0.976. The normalized spacial score (nSPS) is 10.6. The number of nitrogens with one attached hydrogen (secondary N) is 2. The molecule has 0 bridgehead atoms. The maximum absolute atomic E-state index is 14.6. The molecule has 0 unspecified atom stereocenters. The zero-order valence-electron chi connectivity index (χ0n) is 20.0. The van der Waals surface area contributed by atoms with Gasteiger partial charge in [-0.15, -0.1) is 0 Å². The number of likely N-dealkylation sites (N-methyl/N-ethyl adjacent to an activating group) is 1. The molecular formula is C23H23Cl2FN6O5. The SMILES string of the molecule is CNCC(=O)OCc1cccnc1N(C)C(=O)OCn1nc(C(=O)Nc2ccc(C)cc2Cl)c(F)c1Cl. The van der Waals surface area contributed by atoms with E-state index in [1.807, 2.05) is 6.92 Å². The molecule has 11 nitrogen and oxygen atoms in total. The van der Waals surface area contributed by atoms with Crippen molar-refractivity contribution in [2.24, 2.45) is 0 Å². The number of hydrogen-bond donors (Lipinski definition) is 2. The maximum atomic E-state index is 14.6. The van der Waals surface area contributed by atoms with Gasteiger partial charge in [0, 0.05) is 18.8 Å². The van der Waals surface area contributed by atoms with Crippen LogP contribution >= 0.6 is 23.2 Å². The van der Waals surface area contributed by atoms with Gasteiger partial charge < -0.3 is 20.1 Å². The lowest BCUT2D eigenvalue weighted by atomic mass is 10.2. The van der Waals surface area contributed by atoms with Crippen LogP contribution < -0.4 is 15.5 Å². The monoisotopic (exact) mass is 552 g/mol. The fraction of sp³-hybridized carbons (Fsp3) is 0.261. The van der Waals surface area contributed by atoms with Crippen LogP contribution in [0.5, 0.6) is 0 Å². The molecule has 0 aliphatic carbocycles. The Morgan fingerprint density at radius 2 is 1.95 bits per heavy atom. The third-order valence-electron chi connectivity index (χ3n) is 4.90. The number of esters is 1. The van der Waals surface area contributed by atoms with E-state index in [-0.39, 0.29) is 29.7 Å². The van der Waals surface area contributed by atoms with Gasteiger partial charge in [0.1, 0.15) is 12.4 Å². The van der Waals surface area contributed by atoms with Crippen LogP contribution in [0.1, 0.15) is 21.6 Å². The summed E-state index contributed by atoms with van der Waals surface area (Å²) in [5, 5.41) is 8.69. The number of aryl methyl sites for hydroxylation is 1. The minimum atomic E-state index is -1.10. The number of aromatic nitrogens is 3. The number of anilines is 2. The van der Waals surface area contributed by atoms with Crippen molar-refractivity contribution < 1.29 is 28.2 Å². The Morgan fingerprint density at radius 3 is 2.65 bits per heavy atom. The average molecular weight is 553 g/mol. The number of pyridine rings is 1. The van der Waals surface area contributed by atoms with Gasteiger partial charge in [0.05, 0.1) is 17.3 Å². The van der Waals surface area contributed by atoms with Crippen LogP contribution in [0, 0.1) is 12.7 Å². The molecule has 196 valence electrons. The van der Waals surface area contributed by atoms with E-state index in [0.717, 1.165) is 15.1 Å². The van der Waals surface area contributed by atoms with Gasteiger partial charge in [-0.05, 0) is 37.7 Å². The zero-order valence-corrected chi connectivity index (χ0v) is 21.6. The van der Waals surface area contributed by atoms with Crippen molar-refractivity contribution in [3.63, 3.8) is 0 Å². The van der Waals surface area contributed by atoms with Crippen molar-refractivity contribution in [2.75, 3.05) is 30.9 Å². The summed E-state index contributed by atoms with van der Waals surface area (Å²) >= 11 is 12.1. The molecule has 0 fully saturated rings. The second-order valence-corrected chi connectivity index (χ2v) is 8.43. The van der Waals surface area contributed by atoms with Gasteiger partial charge in [-0.1, -0.05) is 35.3 Å². The number of nitrogens with zero attached hydrogens (tertiary/aromatic N) is 4. The average Bonchev–Trinajstić information content (AvgIpc) is 3.16. The summed E-state index contributed by atoms with van der Waals surface area (Å²) in [6.07, 6.45) is 0.564. The molecule has 0 radical (unpaired) electrons. The van der Waals surface area contributed by atoms with Crippen LogP contribution in [0.15, 0.2) is 36.5 Å².